The smallest absolute Gasteiger partial charge is 0.307 e. The number of allylic oxidation sites excluding steroid dienone is 1. The Balaban J connectivity index is 3.12. The molecule has 0 fully saturated rings. The van der Waals surface area contributed by atoms with Crippen molar-refractivity contribution >= 4 is 5.97 Å². The van der Waals surface area contributed by atoms with Crippen LogP contribution in [0.4, 0.5) is 0 Å². The van der Waals surface area contributed by atoms with Crippen LogP contribution >= 0.6 is 0 Å². The number of aliphatic hydroxyl groups excluding tert-OH is 1. The van der Waals surface area contributed by atoms with Gasteiger partial charge in [0.05, 0.1) is 6.42 Å². The largest absolute Gasteiger partial charge is 0.481 e. The molecule has 3 nitrogen and oxygen atoms in total. The molecule has 3 heteroatoms. The van der Waals surface area contributed by atoms with Crippen LogP contribution in [-0.4, -0.2) is 22.8 Å². The van der Waals surface area contributed by atoms with Gasteiger partial charge < -0.3 is 10.2 Å². The molecule has 0 aliphatic rings. The number of carboxylic acids is 1. The Morgan fingerprint density at radius 1 is 1.40 bits per heavy atom. The SMILES string of the molecule is O=C(O)C/C=C\CCCO. The van der Waals surface area contributed by atoms with Crippen molar-refractivity contribution in [3.05, 3.63) is 12.2 Å². The van der Waals surface area contributed by atoms with E-state index in [9.17, 15) is 4.79 Å². The van der Waals surface area contributed by atoms with Gasteiger partial charge in [0.15, 0.2) is 0 Å². The van der Waals surface area contributed by atoms with E-state index in [0.717, 1.165) is 6.42 Å². The fourth-order valence-corrected chi connectivity index (χ4v) is 0.511. The van der Waals surface area contributed by atoms with Crippen molar-refractivity contribution in [1.82, 2.24) is 0 Å². The Hall–Kier alpha value is -0.830. The third-order valence-corrected chi connectivity index (χ3v) is 0.988. The summed E-state index contributed by atoms with van der Waals surface area (Å²) in [6, 6.07) is 0. The van der Waals surface area contributed by atoms with Gasteiger partial charge in [-0.3, -0.25) is 4.79 Å². The Kier molecular flexibility index (Phi) is 5.77. The number of carboxylic acid groups (broad SMARTS) is 1. The molecule has 0 radical (unpaired) electrons. The summed E-state index contributed by atoms with van der Waals surface area (Å²) in [6.07, 6.45) is 4.90. The normalized spacial score (nSPS) is 10.5. The van der Waals surface area contributed by atoms with Crippen molar-refractivity contribution < 1.29 is 15.0 Å². The Morgan fingerprint density at radius 3 is 2.60 bits per heavy atom. The fourth-order valence-electron chi connectivity index (χ4n) is 0.511. The summed E-state index contributed by atoms with van der Waals surface area (Å²) in [6.45, 7) is 0.164. The number of hydrogen-bond acceptors (Lipinski definition) is 2. The molecule has 0 saturated heterocycles. The molecule has 58 valence electrons. The van der Waals surface area contributed by atoms with E-state index in [1.807, 2.05) is 0 Å². The van der Waals surface area contributed by atoms with Crippen LogP contribution in [0.5, 0.6) is 0 Å². The summed E-state index contributed by atoms with van der Waals surface area (Å²) in [7, 11) is 0. The van der Waals surface area contributed by atoms with Gasteiger partial charge in [0.2, 0.25) is 0 Å². The van der Waals surface area contributed by atoms with Crippen LogP contribution in [0, 0.1) is 0 Å². The predicted molar refractivity (Wildman–Crippen MR) is 37.7 cm³/mol. The predicted octanol–water partition coefficient (Wildman–Crippen LogP) is 0.790. The van der Waals surface area contributed by atoms with E-state index in [2.05, 4.69) is 0 Å². The number of unbranched alkanes of at least 4 members (excludes halogenated alkanes) is 1. The molecule has 0 atom stereocenters. The lowest BCUT2D eigenvalue weighted by Crippen LogP contribution is -1.89. The van der Waals surface area contributed by atoms with Gasteiger partial charge in [-0.15, -0.1) is 0 Å². The molecule has 0 aliphatic heterocycles. The van der Waals surface area contributed by atoms with Crippen LogP contribution < -0.4 is 0 Å². The highest BCUT2D eigenvalue weighted by Gasteiger charge is 1.87. The van der Waals surface area contributed by atoms with Crippen LogP contribution in [0.25, 0.3) is 0 Å². The van der Waals surface area contributed by atoms with Gasteiger partial charge in [-0.1, -0.05) is 12.2 Å². The molecule has 0 aromatic rings. The highest BCUT2D eigenvalue weighted by molar-refractivity contribution is 5.68. The summed E-state index contributed by atoms with van der Waals surface area (Å²) >= 11 is 0. The average Bonchev–Trinajstić information content (AvgIpc) is 1.87. The molecule has 0 unspecified atom stereocenters. The number of aliphatic hydroxyl groups is 1. The highest BCUT2D eigenvalue weighted by Crippen LogP contribution is 1.90. The van der Waals surface area contributed by atoms with Gasteiger partial charge in [-0.25, -0.2) is 0 Å². The van der Waals surface area contributed by atoms with Crippen molar-refractivity contribution in [3.63, 3.8) is 0 Å². The molecular formula is C7H12O3. The van der Waals surface area contributed by atoms with E-state index >= 15 is 0 Å². The van der Waals surface area contributed by atoms with E-state index in [1.165, 1.54) is 0 Å². The molecule has 0 aromatic heterocycles. The van der Waals surface area contributed by atoms with Crippen LogP contribution in [0.3, 0.4) is 0 Å². The standard InChI is InChI=1S/C7H12O3/c8-6-4-2-1-3-5-7(9)10/h1,3,8H,2,4-6H2,(H,9,10)/b3-1-. The molecular weight excluding hydrogens is 132 g/mol. The minimum Gasteiger partial charge on any atom is -0.481 e. The maximum atomic E-state index is 9.93. The summed E-state index contributed by atoms with van der Waals surface area (Å²) < 4.78 is 0. The van der Waals surface area contributed by atoms with Crippen LogP contribution in [0.1, 0.15) is 19.3 Å². The van der Waals surface area contributed by atoms with Gasteiger partial charge in [-0.2, -0.15) is 0 Å². The van der Waals surface area contributed by atoms with Crippen LogP contribution in [0.2, 0.25) is 0 Å². The van der Waals surface area contributed by atoms with E-state index in [-0.39, 0.29) is 13.0 Å². The minimum atomic E-state index is -0.819. The van der Waals surface area contributed by atoms with Crippen LogP contribution in [0.15, 0.2) is 12.2 Å². The van der Waals surface area contributed by atoms with Gasteiger partial charge in [0, 0.05) is 6.61 Å². The van der Waals surface area contributed by atoms with Crippen LogP contribution in [-0.2, 0) is 4.79 Å². The fraction of sp³-hybridized carbons (Fsp3) is 0.571. The lowest BCUT2D eigenvalue weighted by Gasteiger charge is -1.86. The third kappa shape index (κ3) is 7.17. The molecule has 0 rings (SSSR count). The maximum absolute atomic E-state index is 9.93. The third-order valence-electron chi connectivity index (χ3n) is 0.988. The molecule has 0 spiro atoms. The van der Waals surface area contributed by atoms with Gasteiger partial charge >= 0.3 is 5.97 Å². The zero-order chi connectivity index (χ0) is 7.82. The average molecular weight is 144 g/mol. The van der Waals surface area contributed by atoms with Gasteiger partial charge in [-0.05, 0) is 12.8 Å². The topological polar surface area (TPSA) is 57.5 Å². The molecule has 0 bridgehead atoms. The molecule has 0 aromatic carbocycles. The first-order chi connectivity index (χ1) is 4.77. The second-order valence-corrected chi connectivity index (χ2v) is 1.94. The Morgan fingerprint density at radius 2 is 2.10 bits per heavy atom. The first kappa shape index (κ1) is 9.17. The monoisotopic (exact) mass is 144 g/mol. The molecule has 10 heavy (non-hydrogen) atoms. The van der Waals surface area contributed by atoms with E-state index < -0.39 is 5.97 Å². The molecule has 0 saturated carbocycles. The zero-order valence-electron chi connectivity index (χ0n) is 5.79. The summed E-state index contributed by atoms with van der Waals surface area (Å²) in [5.41, 5.74) is 0. The summed E-state index contributed by atoms with van der Waals surface area (Å²) in [5, 5.41) is 16.5. The van der Waals surface area contributed by atoms with Crippen molar-refractivity contribution in [1.29, 1.82) is 0 Å². The zero-order valence-corrected chi connectivity index (χ0v) is 5.79. The number of rotatable bonds is 5. The van der Waals surface area contributed by atoms with E-state index in [1.54, 1.807) is 12.2 Å². The van der Waals surface area contributed by atoms with E-state index in [0.29, 0.717) is 6.42 Å². The maximum Gasteiger partial charge on any atom is 0.307 e. The quantitative estimate of drug-likeness (QED) is 0.443. The second-order valence-electron chi connectivity index (χ2n) is 1.94. The molecule has 0 amide bonds. The van der Waals surface area contributed by atoms with Gasteiger partial charge in [0.1, 0.15) is 0 Å². The molecule has 0 heterocycles. The lowest BCUT2D eigenvalue weighted by molar-refractivity contribution is -0.136. The van der Waals surface area contributed by atoms with E-state index in [4.69, 9.17) is 10.2 Å². The highest BCUT2D eigenvalue weighted by atomic mass is 16.4. The van der Waals surface area contributed by atoms with Crippen molar-refractivity contribution in [2.75, 3.05) is 6.61 Å². The minimum absolute atomic E-state index is 0.0748. The number of aliphatic carboxylic acids is 1. The van der Waals surface area contributed by atoms with Crippen molar-refractivity contribution in [3.8, 4) is 0 Å². The van der Waals surface area contributed by atoms with Crippen molar-refractivity contribution in [2.24, 2.45) is 0 Å². The summed E-state index contributed by atoms with van der Waals surface area (Å²) in [4.78, 5) is 9.93. The first-order valence-electron chi connectivity index (χ1n) is 3.25. The number of hydrogen-bond donors (Lipinski definition) is 2. The lowest BCUT2D eigenvalue weighted by atomic mass is 10.3. The Labute approximate surface area is 60.0 Å². The second kappa shape index (κ2) is 6.29. The van der Waals surface area contributed by atoms with Gasteiger partial charge in [0.25, 0.3) is 0 Å². The molecule has 0 aliphatic carbocycles. The first-order valence-corrected chi connectivity index (χ1v) is 3.25. The number of carbonyl (C=O) groups is 1. The molecule has 2 N–H and O–H groups in total. The summed E-state index contributed by atoms with van der Waals surface area (Å²) in [5.74, 6) is -0.819. The Bertz CT molecular complexity index is 118. The van der Waals surface area contributed by atoms with Crippen molar-refractivity contribution in [2.45, 2.75) is 19.3 Å².